The van der Waals surface area contributed by atoms with Crippen molar-refractivity contribution in [2.75, 3.05) is 13.1 Å². The fourth-order valence-electron chi connectivity index (χ4n) is 1.79. The molecule has 0 aromatic carbocycles. The highest BCUT2D eigenvalue weighted by molar-refractivity contribution is 4.91. The highest BCUT2D eigenvalue weighted by Crippen LogP contribution is 2.23. The van der Waals surface area contributed by atoms with Gasteiger partial charge in [0.25, 0.3) is 0 Å². The van der Waals surface area contributed by atoms with Crippen molar-refractivity contribution in [2.45, 2.75) is 32.5 Å². The molecule has 0 aliphatic carbocycles. The van der Waals surface area contributed by atoms with Crippen LogP contribution in [0.2, 0.25) is 0 Å². The summed E-state index contributed by atoms with van der Waals surface area (Å²) in [5, 5.41) is 0. The maximum atomic E-state index is 13.1. The zero-order valence-electron chi connectivity index (χ0n) is 8.10. The zero-order valence-corrected chi connectivity index (χ0v) is 8.10. The second-order valence-corrected chi connectivity index (χ2v) is 3.67. The monoisotopic (exact) mass is 189 g/mol. The van der Waals surface area contributed by atoms with E-state index in [1.165, 1.54) is 4.90 Å². The maximum Gasteiger partial charge on any atom is 0.205 e. The Morgan fingerprint density at radius 1 is 1.54 bits per heavy atom. The molecule has 0 aromatic rings. The number of hydrogen-bond acceptors (Lipinski definition) is 1. The Morgan fingerprint density at radius 2 is 2.08 bits per heavy atom. The van der Waals surface area contributed by atoms with E-state index in [2.05, 4.69) is 13.5 Å². The highest BCUT2D eigenvalue weighted by Gasteiger charge is 2.25. The predicted octanol–water partition coefficient (Wildman–Crippen LogP) is 2.89. The first-order chi connectivity index (χ1) is 6.15. The van der Waals surface area contributed by atoms with Crippen LogP contribution in [0.3, 0.4) is 0 Å². The van der Waals surface area contributed by atoms with Crippen LogP contribution in [0, 0.1) is 5.92 Å². The Hall–Kier alpha value is -0.440. The topological polar surface area (TPSA) is 3.24 Å². The van der Waals surface area contributed by atoms with Gasteiger partial charge in [0.05, 0.1) is 0 Å². The van der Waals surface area contributed by atoms with E-state index >= 15 is 0 Å². The number of alkyl halides is 1. The third kappa shape index (κ3) is 2.76. The van der Waals surface area contributed by atoms with E-state index in [0.717, 1.165) is 19.3 Å². The second-order valence-electron chi connectivity index (χ2n) is 3.67. The fourth-order valence-corrected chi connectivity index (χ4v) is 1.79. The van der Waals surface area contributed by atoms with Gasteiger partial charge in [-0.25, -0.2) is 8.78 Å². The quantitative estimate of drug-likeness (QED) is 0.617. The fraction of sp³-hybridized carbons (Fsp3) is 0.800. The molecule has 1 aliphatic heterocycles. The molecule has 1 aliphatic rings. The Balaban J connectivity index is 2.36. The summed E-state index contributed by atoms with van der Waals surface area (Å²) in [7, 11) is 0. The first kappa shape index (κ1) is 10.6. The van der Waals surface area contributed by atoms with Crippen LogP contribution in [0.25, 0.3) is 0 Å². The van der Waals surface area contributed by atoms with Gasteiger partial charge in [0.1, 0.15) is 5.83 Å². The molecule has 1 unspecified atom stereocenters. The van der Waals surface area contributed by atoms with E-state index < -0.39 is 12.1 Å². The Bertz CT molecular complexity index is 174. The van der Waals surface area contributed by atoms with Gasteiger partial charge in [0, 0.05) is 13.1 Å². The summed E-state index contributed by atoms with van der Waals surface area (Å²) in [6, 6.07) is 0. The van der Waals surface area contributed by atoms with Crippen LogP contribution < -0.4 is 0 Å². The largest absolute Gasteiger partial charge is 0.268 e. The van der Waals surface area contributed by atoms with E-state index in [4.69, 9.17) is 0 Å². The van der Waals surface area contributed by atoms with Crippen LogP contribution in [0.15, 0.2) is 12.4 Å². The molecule has 0 amide bonds. The molecule has 1 saturated heterocycles. The number of likely N-dealkylation sites (tertiary alicyclic amines) is 1. The van der Waals surface area contributed by atoms with Crippen LogP contribution in [-0.2, 0) is 0 Å². The van der Waals surface area contributed by atoms with Gasteiger partial charge in [-0.05, 0) is 18.8 Å². The van der Waals surface area contributed by atoms with Crippen molar-refractivity contribution < 1.29 is 8.78 Å². The summed E-state index contributed by atoms with van der Waals surface area (Å²) in [5.41, 5.74) is 0. The molecule has 0 radical (unpaired) electrons. The smallest absolute Gasteiger partial charge is 0.205 e. The minimum atomic E-state index is -1.59. The van der Waals surface area contributed by atoms with E-state index in [-0.39, 0.29) is 0 Å². The second kappa shape index (κ2) is 4.70. The standard InChI is InChI=1S/C10H17F2N/c1-3-9-4-6-13(7-5-9)10(12)8(2)11/h9-10H,2-7H2,1H3. The molecule has 0 bridgehead atoms. The van der Waals surface area contributed by atoms with E-state index in [1.54, 1.807) is 0 Å². The molecule has 1 heterocycles. The third-order valence-corrected chi connectivity index (χ3v) is 2.81. The molecule has 1 atom stereocenters. The Morgan fingerprint density at radius 3 is 2.46 bits per heavy atom. The lowest BCUT2D eigenvalue weighted by atomic mass is 9.94. The Kier molecular flexibility index (Phi) is 3.85. The van der Waals surface area contributed by atoms with Crippen molar-refractivity contribution in [2.24, 2.45) is 5.92 Å². The zero-order chi connectivity index (χ0) is 9.84. The lowest BCUT2D eigenvalue weighted by molar-refractivity contribution is 0.0578. The third-order valence-electron chi connectivity index (χ3n) is 2.81. The van der Waals surface area contributed by atoms with E-state index in [9.17, 15) is 8.78 Å². The summed E-state index contributed by atoms with van der Waals surface area (Å²) >= 11 is 0. The molecule has 13 heavy (non-hydrogen) atoms. The van der Waals surface area contributed by atoms with Gasteiger partial charge >= 0.3 is 0 Å². The maximum absolute atomic E-state index is 13.1. The van der Waals surface area contributed by atoms with Crippen molar-refractivity contribution >= 4 is 0 Å². The lowest BCUT2D eigenvalue weighted by Gasteiger charge is -2.32. The van der Waals surface area contributed by atoms with Crippen molar-refractivity contribution in [3.63, 3.8) is 0 Å². The van der Waals surface area contributed by atoms with Crippen molar-refractivity contribution in [3.05, 3.63) is 12.4 Å². The molecule has 0 saturated carbocycles. The summed E-state index contributed by atoms with van der Waals surface area (Å²) in [4.78, 5) is 1.52. The number of piperidine rings is 1. The first-order valence-electron chi connectivity index (χ1n) is 4.87. The minimum absolute atomic E-state index is 0.655. The summed E-state index contributed by atoms with van der Waals surface area (Å²) in [6.45, 7) is 6.44. The molecule has 0 spiro atoms. The van der Waals surface area contributed by atoms with E-state index in [0.29, 0.717) is 19.0 Å². The number of rotatable bonds is 3. The number of halogens is 2. The van der Waals surface area contributed by atoms with Gasteiger partial charge in [0.15, 0.2) is 0 Å². The van der Waals surface area contributed by atoms with Gasteiger partial charge in [0.2, 0.25) is 6.30 Å². The molecule has 0 aromatic heterocycles. The van der Waals surface area contributed by atoms with Gasteiger partial charge in [-0.3, -0.25) is 4.90 Å². The van der Waals surface area contributed by atoms with Crippen LogP contribution >= 0.6 is 0 Å². The molecule has 1 nitrogen and oxygen atoms in total. The van der Waals surface area contributed by atoms with Gasteiger partial charge in [-0.1, -0.05) is 19.9 Å². The van der Waals surface area contributed by atoms with Gasteiger partial charge in [-0.2, -0.15) is 0 Å². The molecular weight excluding hydrogens is 172 g/mol. The van der Waals surface area contributed by atoms with Crippen molar-refractivity contribution in [3.8, 4) is 0 Å². The number of nitrogens with zero attached hydrogens (tertiary/aromatic N) is 1. The van der Waals surface area contributed by atoms with Crippen LogP contribution in [0.5, 0.6) is 0 Å². The molecule has 0 N–H and O–H groups in total. The highest BCUT2D eigenvalue weighted by atomic mass is 19.2. The van der Waals surface area contributed by atoms with Gasteiger partial charge < -0.3 is 0 Å². The van der Waals surface area contributed by atoms with Crippen molar-refractivity contribution in [1.29, 1.82) is 0 Å². The van der Waals surface area contributed by atoms with Crippen molar-refractivity contribution in [1.82, 2.24) is 4.90 Å². The average Bonchev–Trinajstić information content (AvgIpc) is 2.17. The first-order valence-corrected chi connectivity index (χ1v) is 4.87. The predicted molar refractivity (Wildman–Crippen MR) is 49.7 cm³/mol. The molecule has 76 valence electrons. The average molecular weight is 189 g/mol. The summed E-state index contributed by atoms with van der Waals surface area (Å²) < 4.78 is 25.5. The van der Waals surface area contributed by atoms with Gasteiger partial charge in [-0.15, -0.1) is 0 Å². The molecule has 1 fully saturated rings. The summed E-state index contributed by atoms with van der Waals surface area (Å²) in [5.74, 6) is -0.175. The minimum Gasteiger partial charge on any atom is -0.268 e. The van der Waals surface area contributed by atoms with Crippen LogP contribution in [0.1, 0.15) is 26.2 Å². The lowest BCUT2D eigenvalue weighted by Crippen LogP contribution is -2.39. The Labute approximate surface area is 78.4 Å². The molecule has 1 rings (SSSR count). The summed E-state index contributed by atoms with van der Waals surface area (Å²) in [6.07, 6.45) is 1.51. The van der Waals surface area contributed by atoms with Crippen LogP contribution in [0.4, 0.5) is 8.78 Å². The number of hydrogen-bond donors (Lipinski definition) is 0. The normalized spacial score (nSPS) is 23.0. The molecule has 3 heteroatoms. The van der Waals surface area contributed by atoms with E-state index in [1.807, 2.05) is 0 Å². The SMILES string of the molecule is C=C(F)C(F)N1CCC(CC)CC1. The van der Waals surface area contributed by atoms with Crippen LogP contribution in [-0.4, -0.2) is 24.3 Å². The molecular formula is C10H17F2N.